The van der Waals surface area contributed by atoms with Crippen molar-refractivity contribution in [3.8, 4) is 23.8 Å². The van der Waals surface area contributed by atoms with Crippen LogP contribution in [0.3, 0.4) is 0 Å². The van der Waals surface area contributed by atoms with Crippen LogP contribution >= 0.6 is 11.6 Å². The molecule has 1 aromatic rings. The Morgan fingerprint density at radius 3 is 2.95 bits per heavy atom. The Morgan fingerprint density at radius 2 is 2.14 bits per heavy atom. The van der Waals surface area contributed by atoms with Crippen LogP contribution in [0.15, 0.2) is 12.1 Å². The highest BCUT2D eigenvalue weighted by molar-refractivity contribution is 6.32. The molecular formula is C17H18ClNO3. The van der Waals surface area contributed by atoms with E-state index in [0.717, 1.165) is 25.8 Å². The van der Waals surface area contributed by atoms with Crippen molar-refractivity contribution in [1.29, 1.82) is 0 Å². The van der Waals surface area contributed by atoms with Gasteiger partial charge in [-0.2, -0.15) is 0 Å². The second-order valence-corrected chi connectivity index (χ2v) is 6.00. The van der Waals surface area contributed by atoms with E-state index < -0.39 is 0 Å². The van der Waals surface area contributed by atoms with Gasteiger partial charge in [0.15, 0.2) is 11.5 Å². The molecule has 116 valence electrons. The Kier molecular flexibility index (Phi) is 4.44. The number of nitrogens with zero attached hydrogens (tertiary/aromatic N) is 1. The summed E-state index contributed by atoms with van der Waals surface area (Å²) < 4.78 is 11.2. The highest BCUT2D eigenvalue weighted by Crippen LogP contribution is 2.38. The molecule has 0 aromatic heterocycles. The van der Waals surface area contributed by atoms with Crippen LogP contribution in [0, 0.1) is 18.3 Å². The van der Waals surface area contributed by atoms with Crippen molar-refractivity contribution in [2.24, 2.45) is 5.92 Å². The van der Waals surface area contributed by atoms with Crippen molar-refractivity contribution in [3.63, 3.8) is 0 Å². The maximum absolute atomic E-state index is 12.7. The Bertz CT molecular complexity index is 623. The maximum Gasteiger partial charge on any atom is 0.254 e. The second-order valence-electron chi connectivity index (χ2n) is 5.59. The number of rotatable bonds is 1. The van der Waals surface area contributed by atoms with Gasteiger partial charge < -0.3 is 14.4 Å². The normalized spacial score (nSPS) is 20.9. The highest BCUT2D eigenvalue weighted by Gasteiger charge is 2.25. The Hall–Kier alpha value is -1.86. The average molecular weight is 320 g/mol. The summed E-state index contributed by atoms with van der Waals surface area (Å²) in [6, 6.07) is 3.37. The molecule has 2 aliphatic heterocycles. The number of hydrogen-bond donors (Lipinski definition) is 0. The van der Waals surface area contributed by atoms with Gasteiger partial charge >= 0.3 is 0 Å². The zero-order valence-corrected chi connectivity index (χ0v) is 13.1. The molecule has 1 amide bonds. The van der Waals surface area contributed by atoms with Gasteiger partial charge in [-0.15, -0.1) is 12.3 Å². The van der Waals surface area contributed by atoms with E-state index in [0.29, 0.717) is 41.8 Å². The number of halogens is 1. The van der Waals surface area contributed by atoms with Gasteiger partial charge in [0.1, 0.15) is 0 Å². The summed E-state index contributed by atoms with van der Waals surface area (Å²) >= 11 is 6.25. The van der Waals surface area contributed by atoms with Gasteiger partial charge in [0.2, 0.25) is 0 Å². The SMILES string of the molecule is C#CC1CCCN(C(=O)c2cc(Cl)c3c(c2)OCCCO3)C1. The predicted molar refractivity (Wildman–Crippen MR) is 84.5 cm³/mol. The van der Waals surface area contributed by atoms with E-state index in [1.54, 1.807) is 17.0 Å². The van der Waals surface area contributed by atoms with Gasteiger partial charge in [0.05, 0.1) is 18.2 Å². The summed E-state index contributed by atoms with van der Waals surface area (Å²) in [4.78, 5) is 14.5. The average Bonchev–Trinajstić information content (AvgIpc) is 2.80. The predicted octanol–water partition coefficient (Wildman–Crippen LogP) is 2.99. The molecule has 1 atom stereocenters. The minimum atomic E-state index is -0.0579. The number of terminal acetylenes is 1. The summed E-state index contributed by atoms with van der Waals surface area (Å²) in [5.41, 5.74) is 0.520. The summed E-state index contributed by atoms with van der Waals surface area (Å²) in [5, 5.41) is 0.410. The van der Waals surface area contributed by atoms with Gasteiger partial charge in [-0.25, -0.2) is 0 Å². The van der Waals surface area contributed by atoms with Crippen molar-refractivity contribution in [3.05, 3.63) is 22.7 Å². The number of likely N-dealkylation sites (tertiary alicyclic amines) is 1. The van der Waals surface area contributed by atoms with E-state index >= 15 is 0 Å². The summed E-state index contributed by atoms with van der Waals surface area (Å²) in [6.07, 6.45) is 8.19. The van der Waals surface area contributed by atoms with Gasteiger partial charge in [-0.3, -0.25) is 4.79 Å². The number of amides is 1. The number of ether oxygens (including phenoxy) is 2. The zero-order valence-electron chi connectivity index (χ0n) is 12.3. The first-order valence-corrected chi connectivity index (χ1v) is 7.91. The fraction of sp³-hybridized carbons (Fsp3) is 0.471. The third-order valence-corrected chi connectivity index (χ3v) is 4.27. The second kappa shape index (κ2) is 6.50. The topological polar surface area (TPSA) is 38.8 Å². The minimum absolute atomic E-state index is 0.0579. The molecule has 0 radical (unpaired) electrons. The van der Waals surface area contributed by atoms with Crippen LogP contribution in [0.4, 0.5) is 0 Å². The molecule has 0 saturated carbocycles. The molecule has 1 unspecified atom stereocenters. The van der Waals surface area contributed by atoms with Gasteiger partial charge in [0.25, 0.3) is 5.91 Å². The standard InChI is InChI=1S/C17H18ClNO3/c1-2-12-5-3-6-19(11-12)17(20)13-9-14(18)16-15(10-13)21-7-4-8-22-16/h1,9-10,12H,3-8,11H2. The Balaban J connectivity index is 1.85. The third-order valence-electron chi connectivity index (χ3n) is 3.99. The van der Waals surface area contributed by atoms with Gasteiger partial charge in [0, 0.05) is 31.0 Å². The van der Waals surface area contributed by atoms with Crippen molar-refractivity contribution in [2.75, 3.05) is 26.3 Å². The van der Waals surface area contributed by atoms with Crippen molar-refractivity contribution >= 4 is 17.5 Å². The van der Waals surface area contributed by atoms with E-state index in [1.807, 2.05) is 0 Å². The van der Waals surface area contributed by atoms with Crippen molar-refractivity contribution < 1.29 is 14.3 Å². The van der Waals surface area contributed by atoms with E-state index in [4.69, 9.17) is 27.5 Å². The summed E-state index contributed by atoms with van der Waals surface area (Å²) in [5.74, 6) is 3.88. The fourth-order valence-electron chi connectivity index (χ4n) is 2.83. The van der Waals surface area contributed by atoms with Crippen LogP contribution in [0.5, 0.6) is 11.5 Å². The van der Waals surface area contributed by atoms with E-state index in [9.17, 15) is 4.79 Å². The molecule has 0 spiro atoms. The smallest absolute Gasteiger partial charge is 0.254 e. The molecule has 2 heterocycles. The first kappa shape index (κ1) is 15.1. The number of carbonyl (C=O) groups excluding carboxylic acids is 1. The van der Waals surface area contributed by atoms with Crippen LogP contribution in [0.1, 0.15) is 29.6 Å². The molecule has 2 aliphatic rings. The first-order valence-electron chi connectivity index (χ1n) is 7.53. The van der Waals surface area contributed by atoms with Crippen LogP contribution in [-0.4, -0.2) is 37.1 Å². The molecule has 0 bridgehead atoms. The molecule has 3 rings (SSSR count). The maximum atomic E-state index is 12.7. The Morgan fingerprint density at radius 1 is 1.32 bits per heavy atom. The number of fused-ring (bicyclic) bond motifs is 1. The largest absolute Gasteiger partial charge is 0.489 e. The number of piperidine rings is 1. The van der Waals surface area contributed by atoms with Crippen LogP contribution in [-0.2, 0) is 0 Å². The molecule has 5 heteroatoms. The van der Waals surface area contributed by atoms with Crippen LogP contribution in [0.25, 0.3) is 0 Å². The summed E-state index contributed by atoms with van der Waals surface area (Å²) in [7, 11) is 0. The molecule has 1 fully saturated rings. The van der Waals surface area contributed by atoms with Crippen LogP contribution in [0.2, 0.25) is 5.02 Å². The molecule has 22 heavy (non-hydrogen) atoms. The highest BCUT2D eigenvalue weighted by atomic mass is 35.5. The zero-order chi connectivity index (χ0) is 15.5. The van der Waals surface area contributed by atoms with Crippen molar-refractivity contribution in [1.82, 2.24) is 4.90 Å². The summed E-state index contributed by atoms with van der Waals surface area (Å²) in [6.45, 7) is 2.45. The molecule has 0 N–H and O–H groups in total. The van der Waals surface area contributed by atoms with E-state index in [1.165, 1.54) is 0 Å². The molecular weight excluding hydrogens is 302 g/mol. The Labute approximate surface area is 135 Å². The first-order chi connectivity index (χ1) is 10.7. The molecule has 1 saturated heterocycles. The quantitative estimate of drug-likeness (QED) is 0.747. The van der Waals surface area contributed by atoms with E-state index in [-0.39, 0.29) is 11.8 Å². The molecule has 4 nitrogen and oxygen atoms in total. The number of carbonyl (C=O) groups is 1. The fourth-order valence-corrected chi connectivity index (χ4v) is 3.10. The lowest BCUT2D eigenvalue weighted by molar-refractivity contribution is 0.0699. The van der Waals surface area contributed by atoms with Gasteiger partial charge in [-0.1, -0.05) is 11.6 Å². The van der Waals surface area contributed by atoms with Crippen LogP contribution < -0.4 is 9.47 Å². The van der Waals surface area contributed by atoms with E-state index in [2.05, 4.69) is 5.92 Å². The molecule has 1 aromatic carbocycles. The molecule has 0 aliphatic carbocycles. The van der Waals surface area contributed by atoms with Crippen molar-refractivity contribution in [2.45, 2.75) is 19.3 Å². The monoisotopic (exact) mass is 319 g/mol. The number of benzene rings is 1. The number of hydrogen-bond acceptors (Lipinski definition) is 3. The third kappa shape index (κ3) is 3.00. The minimum Gasteiger partial charge on any atom is -0.489 e. The van der Waals surface area contributed by atoms with Gasteiger partial charge in [-0.05, 0) is 25.0 Å². The lowest BCUT2D eigenvalue weighted by Crippen LogP contribution is -2.39. The lowest BCUT2D eigenvalue weighted by Gasteiger charge is -2.30. The lowest BCUT2D eigenvalue weighted by atomic mass is 9.98.